The highest BCUT2D eigenvalue weighted by Crippen LogP contribution is 2.26. The molecule has 1 aliphatic heterocycles. The van der Waals surface area contributed by atoms with Crippen molar-refractivity contribution in [1.29, 1.82) is 0 Å². The molecule has 23 heavy (non-hydrogen) atoms. The maximum atomic E-state index is 4.40. The van der Waals surface area contributed by atoms with Gasteiger partial charge in [-0.15, -0.1) is 11.3 Å². The smallest absolute Gasteiger partial charge is 0.191 e. The summed E-state index contributed by atoms with van der Waals surface area (Å²) in [6.45, 7) is 5.48. The van der Waals surface area contributed by atoms with Crippen LogP contribution in [0.3, 0.4) is 0 Å². The van der Waals surface area contributed by atoms with Crippen molar-refractivity contribution in [2.24, 2.45) is 4.99 Å². The third kappa shape index (κ3) is 4.48. The first-order valence-corrected chi connectivity index (χ1v) is 9.89. The molecule has 1 saturated heterocycles. The van der Waals surface area contributed by atoms with E-state index in [1.165, 1.54) is 54.9 Å². The van der Waals surface area contributed by atoms with Crippen molar-refractivity contribution < 1.29 is 0 Å². The van der Waals surface area contributed by atoms with Gasteiger partial charge >= 0.3 is 0 Å². The molecule has 1 unspecified atom stereocenters. The monoisotopic (exact) mass is 334 g/mol. The minimum atomic E-state index is 0.538. The van der Waals surface area contributed by atoms with Crippen LogP contribution in [0.1, 0.15) is 48.8 Å². The quantitative estimate of drug-likeness (QED) is 0.642. The summed E-state index contributed by atoms with van der Waals surface area (Å²) in [7, 11) is 1.87. The second kappa shape index (κ2) is 8.15. The van der Waals surface area contributed by atoms with Gasteiger partial charge in [-0.25, -0.2) is 0 Å². The van der Waals surface area contributed by atoms with Gasteiger partial charge in [0, 0.05) is 42.0 Å². The van der Waals surface area contributed by atoms with Crippen LogP contribution in [0.2, 0.25) is 0 Å². The molecule has 0 spiro atoms. The van der Waals surface area contributed by atoms with Crippen molar-refractivity contribution in [2.75, 3.05) is 20.1 Å². The molecule has 2 N–H and O–H groups in total. The molecule has 0 bridgehead atoms. The summed E-state index contributed by atoms with van der Waals surface area (Å²) < 4.78 is 0. The molecule has 2 heterocycles. The van der Waals surface area contributed by atoms with Crippen molar-refractivity contribution in [2.45, 2.75) is 64.1 Å². The largest absolute Gasteiger partial charge is 0.352 e. The molecule has 1 aromatic rings. The summed E-state index contributed by atoms with van der Waals surface area (Å²) in [6, 6.07) is 5.84. The van der Waals surface area contributed by atoms with Gasteiger partial charge in [-0.3, -0.25) is 9.89 Å². The van der Waals surface area contributed by atoms with Crippen molar-refractivity contribution in [1.82, 2.24) is 15.5 Å². The van der Waals surface area contributed by atoms with Crippen molar-refractivity contribution in [3.05, 3.63) is 21.9 Å². The summed E-state index contributed by atoms with van der Waals surface area (Å²) in [5.41, 5.74) is 0. The Hall–Kier alpha value is -1.07. The Kier molecular flexibility index (Phi) is 5.95. The molecule has 3 rings (SSSR count). The molecule has 1 aliphatic carbocycles. The Morgan fingerprint density at radius 1 is 1.26 bits per heavy atom. The molecule has 0 aromatic carbocycles. The van der Waals surface area contributed by atoms with Crippen LogP contribution in [0, 0.1) is 0 Å². The van der Waals surface area contributed by atoms with Crippen LogP contribution in [0.25, 0.3) is 0 Å². The van der Waals surface area contributed by atoms with Gasteiger partial charge < -0.3 is 10.6 Å². The average Bonchev–Trinajstić information content (AvgIpc) is 3.31. The maximum absolute atomic E-state index is 4.40. The fourth-order valence-corrected chi connectivity index (χ4v) is 4.67. The van der Waals surface area contributed by atoms with Crippen LogP contribution >= 0.6 is 11.3 Å². The van der Waals surface area contributed by atoms with Gasteiger partial charge in [0.1, 0.15) is 0 Å². The molecule has 1 atom stereocenters. The van der Waals surface area contributed by atoms with Crippen LogP contribution in [0.4, 0.5) is 0 Å². The molecule has 128 valence electrons. The molecule has 0 amide bonds. The van der Waals surface area contributed by atoms with E-state index in [1.807, 2.05) is 18.4 Å². The van der Waals surface area contributed by atoms with Gasteiger partial charge in [0.2, 0.25) is 0 Å². The number of nitrogens with one attached hydrogen (secondary N) is 2. The van der Waals surface area contributed by atoms with E-state index in [1.54, 1.807) is 0 Å². The third-order valence-electron chi connectivity index (χ3n) is 5.12. The molecular weight excluding hydrogens is 304 g/mol. The molecule has 1 saturated carbocycles. The van der Waals surface area contributed by atoms with Gasteiger partial charge in [-0.1, -0.05) is 19.8 Å². The Labute approximate surface area is 144 Å². The number of aliphatic imine (C=N–C) groups is 1. The lowest BCUT2D eigenvalue weighted by Crippen LogP contribution is -2.44. The summed E-state index contributed by atoms with van der Waals surface area (Å²) in [5.74, 6) is 0.940. The van der Waals surface area contributed by atoms with E-state index in [-0.39, 0.29) is 0 Å². The number of thiophene rings is 1. The lowest BCUT2D eigenvalue weighted by atomic mass is 10.2. The first kappa shape index (κ1) is 16.8. The van der Waals surface area contributed by atoms with E-state index >= 15 is 0 Å². The van der Waals surface area contributed by atoms with E-state index in [0.717, 1.165) is 25.0 Å². The van der Waals surface area contributed by atoms with E-state index in [2.05, 4.69) is 39.6 Å². The second-order valence-electron chi connectivity index (χ2n) is 6.71. The number of aryl methyl sites for hydroxylation is 1. The highest BCUT2D eigenvalue weighted by atomic mass is 32.1. The summed E-state index contributed by atoms with van der Waals surface area (Å²) in [4.78, 5) is 9.91. The van der Waals surface area contributed by atoms with Crippen molar-refractivity contribution in [3.8, 4) is 0 Å². The highest BCUT2D eigenvalue weighted by Gasteiger charge is 2.30. The lowest BCUT2D eigenvalue weighted by molar-refractivity contribution is 0.242. The standard InChI is InChI=1S/C18H30N4S/c1-3-16-8-9-17(23-16)12-20-18(19-2)21-14-10-11-22(13-14)15-6-4-5-7-15/h8-9,14-15H,3-7,10-13H2,1-2H3,(H2,19,20,21). The number of hydrogen-bond acceptors (Lipinski definition) is 3. The highest BCUT2D eigenvalue weighted by molar-refractivity contribution is 7.11. The molecule has 1 aromatic heterocycles. The number of guanidine groups is 1. The zero-order valence-electron chi connectivity index (χ0n) is 14.5. The SMILES string of the molecule is CCc1ccc(CNC(=NC)NC2CCN(C3CCCC3)C2)s1. The molecular formula is C18H30N4S. The minimum Gasteiger partial charge on any atom is -0.352 e. The molecule has 4 nitrogen and oxygen atoms in total. The van der Waals surface area contributed by atoms with Gasteiger partial charge in [0.15, 0.2) is 5.96 Å². The first-order chi connectivity index (χ1) is 11.3. The molecule has 0 radical (unpaired) electrons. The Morgan fingerprint density at radius 3 is 2.74 bits per heavy atom. The van der Waals surface area contributed by atoms with Crippen molar-refractivity contribution >= 4 is 17.3 Å². The second-order valence-corrected chi connectivity index (χ2v) is 7.96. The van der Waals surface area contributed by atoms with Crippen molar-refractivity contribution in [3.63, 3.8) is 0 Å². The number of hydrogen-bond donors (Lipinski definition) is 2. The van der Waals surface area contributed by atoms with Crippen LogP contribution in [0.5, 0.6) is 0 Å². The normalized spacial score (nSPS) is 23.6. The minimum absolute atomic E-state index is 0.538. The molecule has 2 aliphatic rings. The zero-order chi connectivity index (χ0) is 16.1. The average molecular weight is 335 g/mol. The predicted molar refractivity (Wildman–Crippen MR) is 99.3 cm³/mol. The van der Waals surface area contributed by atoms with E-state index in [0.29, 0.717) is 6.04 Å². The molecule has 2 fully saturated rings. The fraction of sp³-hybridized carbons (Fsp3) is 0.722. The summed E-state index contributed by atoms with van der Waals surface area (Å²) >= 11 is 1.89. The fourth-order valence-electron chi connectivity index (χ4n) is 3.77. The van der Waals surface area contributed by atoms with Gasteiger partial charge in [0.25, 0.3) is 0 Å². The van der Waals surface area contributed by atoms with E-state index < -0.39 is 0 Å². The predicted octanol–water partition coefficient (Wildman–Crippen LogP) is 2.99. The number of nitrogens with zero attached hydrogens (tertiary/aromatic N) is 2. The zero-order valence-corrected chi connectivity index (χ0v) is 15.3. The lowest BCUT2D eigenvalue weighted by Gasteiger charge is -2.24. The Bertz CT molecular complexity index is 519. The van der Waals surface area contributed by atoms with Crippen LogP contribution in [-0.2, 0) is 13.0 Å². The Morgan fingerprint density at radius 2 is 2.04 bits per heavy atom. The van der Waals surface area contributed by atoms with Gasteiger partial charge in [0.05, 0.1) is 6.54 Å². The van der Waals surface area contributed by atoms with Crippen LogP contribution < -0.4 is 10.6 Å². The first-order valence-electron chi connectivity index (χ1n) is 9.07. The van der Waals surface area contributed by atoms with Crippen LogP contribution in [0.15, 0.2) is 17.1 Å². The summed E-state index contributed by atoms with van der Waals surface area (Å²) in [6.07, 6.45) is 7.99. The summed E-state index contributed by atoms with van der Waals surface area (Å²) in [5, 5.41) is 7.08. The number of rotatable bonds is 5. The topological polar surface area (TPSA) is 39.7 Å². The molecule has 5 heteroatoms. The van der Waals surface area contributed by atoms with E-state index in [4.69, 9.17) is 0 Å². The number of likely N-dealkylation sites (tertiary alicyclic amines) is 1. The van der Waals surface area contributed by atoms with Gasteiger partial charge in [-0.2, -0.15) is 0 Å². The van der Waals surface area contributed by atoms with E-state index in [9.17, 15) is 0 Å². The Balaban J connectivity index is 1.44. The van der Waals surface area contributed by atoms with Gasteiger partial charge in [-0.05, 0) is 37.8 Å². The third-order valence-corrected chi connectivity index (χ3v) is 6.35. The van der Waals surface area contributed by atoms with Crippen LogP contribution in [-0.4, -0.2) is 43.1 Å². The maximum Gasteiger partial charge on any atom is 0.191 e.